The van der Waals surface area contributed by atoms with Crippen LogP contribution < -0.4 is 16.4 Å². The summed E-state index contributed by atoms with van der Waals surface area (Å²) in [4.78, 5) is 12.0. The highest BCUT2D eigenvalue weighted by molar-refractivity contribution is 5.96. The molecule has 4 nitrogen and oxygen atoms in total. The Hall–Kier alpha value is -2.49. The quantitative estimate of drug-likeness (QED) is 0.753. The lowest BCUT2D eigenvalue weighted by atomic mass is 10.1. The Labute approximate surface area is 131 Å². The average Bonchev–Trinajstić information content (AvgIpc) is 2.39. The first-order valence-corrected chi connectivity index (χ1v) is 7.41. The van der Waals surface area contributed by atoms with Gasteiger partial charge in [0.2, 0.25) is 0 Å². The second kappa shape index (κ2) is 6.52. The van der Waals surface area contributed by atoms with Gasteiger partial charge < -0.3 is 16.4 Å². The molecule has 0 fully saturated rings. The Morgan fingerprint density at radius 1 is 1.05 bits per heavy atom. The third-order valence-electron chi connectivity index (χ3n) is 3.23. The summed E-state index contributed by atoms with van der Waals surface area (Å²) in [5.41, 5.74) is 11.4. The first kappa shape index (κ1) is 15.9. The van der Waals surface area contributed by atoms with Crippen LogP contribution in [0.25, 0.3) is 0 Å². The van der Waals surface area contributed by atoms with E-state index in [0.717, 1.165) is 11.4 Å². The van der Waals surface area contributed by atoms with Crippen LogP contribution in [0.15, 0.2) is 36.4 Å². The van der Waals surface area contributed by atoms with Gasteiger partial charge in [0, 0.05) is 17.3 Å². The summed E-state index contributed by atoms with van der Waals surface area (Å²) < 4.78 is 0. The second-order valence-electron chi connectivity index (χ2n) is 5.93. The molecule has 116 valence electrons. The van der Waals surface area contributed by atoms with E-state index in [9.17, 15) is 4.79 Å². The van der Waals surface area contributed by atoms with Crippen LogP contribution in [0.3, 0.4) is 0 Å². The standard InChI is InChI=1S/C18H23N3O/c1-11(2)20-18(22)14-5-6-17(16(19)10-14)21-15-8-12(3)7-13(4)9-15/h5-11,21H,19H2,1-4H3,(H,20,22). The number of hydrogen-bond acceptors (Lipinski definition) is 3. The van der Waals surface area contributed by atoms with Crippen LogP contribution in [-0.2, 0) is 0 Å². The highest BCUT2D eigenvalue weighted by atomic mass is 16.1. The Morgan fingerprint density at radius 3 is 2.23 bits per heavy atom. The molecule has 0 spiro atoms. The summed E-state index contributed by atoms with van der Waals surface area (Å²) in [6.07, 6.45) is 0. The van der Waals surface area contributed by atoms with Crippen LogP contribution in [0, 0.1) is 13.8 Å². The Bertz CT molecular complexity index is 672. The molecule has 2 aromatic rings. The fourth-order valence-electron chi connectivity index (χ4n) is 2.37. The molecule has 0 saturated carbocycles. The fourth-order valence-corrected chi connectivity index (χ4v) is 2.37. The monoisotopic (exact) mass is 297 g/mol. The lowest BCUT2D eigenvalue weighted by Crippen LogP contribution is -2.30. The van der Waals surface area contributed by atoms with E-state index in [4.69, 9.17) is 5.73 Å². The summed E-state index contributed by atoms with van der Waals surface area (Å²) in [7, 11) is 0. The highest BCUT2D eigenvalue weighted by Gasteiger charge is 2.09. The van der Waals surface area contributed by atoms with Crippen molar-refractivity contribution in [3.8, 4) is 0 Å². The number of amides is 1. The van der Waals surface area contributed by atoms with Crippen molar-refractivity contribution in [2.75, 3.05) is 11.1 Å². The van der Waals surface area contributed by atoms with Crippen molar-refractivity contribution in [2.45, 2.75) is 33.7 Å². The topological polar surface area (TPSA) is 67.2 Å². The minimum Gasteiger partial charge on any atom is -0.397 e. The van der Waals surface area contributed by atoms with Crippen LogP contribution >= 0.6 is 0 Å². The Kier molecular flexibility index (Phi) is 4.71. The van der Waals surface area contributed by atoms with E-state index in [1.54, 1.807) is 12.1 Å². The van der Waals surface area contributed by atoms with Gasteiger partial charge in [-0.25, -0.2) is 0 Å². The van der Waals surface area contributed by atoms with Crippen LogP contribution in [0.4, 0.5) is 17.1 Å². The van der Waals surface area contributed by atoms with E-state index in [1.807, 2.05) is 19.9 Å². The maximum atomic E-state index is 12.0. The van der Waals surface area contributed by atoms with Crippen LogP contribution in [0.5, 0.6) is 0 Å². The van der Waals surface area contributed by atoms with E-state index < -0.39 is 0 Å². The third kappa shape index (κ3) is 4.01. The first-order chi connectivity index (χ1) is 10.3. The Morgan fingerprint density at radius 2 is 1.68 bits per heavy atom. The van der Waals surface area contributed by atoms with E-state index in [-0.39, 0.29) is 11.9 Å². The van der Waals surface area contributed by atoms with Crippen molar-refractivity contribution in [1.82, 2.24) is 5.32 Å². The van der Waals surface area contributed by atoms with E-state index in [1.165, 1.54) is 11.1 Å². The minimum atomic E-state index is -0.111. The van der Waals surface area contributed by atoms with E-state index in [0.29, 0.717) is 11.3 Å². The van der Waals surface area contributed by atoms with Crippen LogP contribution in [0.1, 0.15) is 35.3 Å². The third-order valence-corrected chi connectivity index (χ3v) is 3.23. The molecule has 2 aromatic carbocycles. The molecule has 0 aliphatic heterocycles. The molecular formula is C18H23N3O. The summed E-state index contributed by atoms with van der Waals surface area (Å²) in [6, 6.07) is 11.7. The first-order valence-electron chi connectivity index (χ1n) is 7.41. The minimum absolute atomic E-state index is 0.0989. The number of nitrogens with one attached hydrogen (secondary N) is 2. The van der Waals surface area contributed by atoms with E-state index >= 15 is 0 Å². The van der Waals surface area contributed by atoms with Crippen molar-refractivity contribution in [3.63, 3.8) is 0 Å². The number of carbonyl (C=O) groups excluding carboxylic acids is 1. The molecule has 2 rings (SSSR count). The van der Waals surface area contributed by atoms with Gasteiger partial charge in [-0.15, -0.1) is 0 Å². The molecule has 0 aliphatic carbocycles. The summed E-state index contributed by atoms with van der Waals surface area (Å²) in [5.74, 6) is -0.111. The molecule has 4 N–H and O–H groups in total. The van der Waals surface area contributed by atoms with Gasteiger partial charge >= 0.3 is 0 Å². The molecule has 4 heteroatoms. The molecular weight excluding hydrogens is 274 g/mol. The predicted octanol–water partition coefficient (Wildman–Crippen LogP) is 3.77. The second-order valence-corrected chi connectivity index (χ2v) is 5.93. The zero-order chi connectivity index (χ0) is 16.3. The number of nitrogens with two attached hydrogens (primary N) is 1. The zero-order valence-electron chi connectivity index (χ0n) is 13.5. The van der Waals surface area contributed by atoms with Gasteiger partial charge in [-0.1, -0.05) is 6.07 Å². The fraction of sp³-hybridized carbons (Fsp3) is 0.278. The molecule has 0 atom stereocenters. The molecule has 1 amide bonds. The SMILES string of the molecule is Cc1cc(C)cc(Nc2ccc(C(=O)NC(C)C)cc2N)c1. The summed E-state index contributed by atoms with van der Waals surface area (Å²) in [6.45, 7) is 7.97. The molecule has 0 bridgehead atoms. The number of benzene rings is 2. The normalized spacial score (nSPS) is 10.6. The van der Waals surface area contributed by atoms with E-state index in [2.05, 4.69) is 42.7 Å². The molecule has 0 aromatic heterocycles. The molecule has 0 saturated heterocycles. The maximum Gasteiger partial charge on any atom is 0.251 e. The molecule has 22 heavy (non-hydrogen) atoms. The number of aryl methyl sites for hydroxylation is 2. The van der Waals surface area contributed by atoms with Crippen molar-refractivity contribution < 1.29 is 4.79 Å². The lowest BCUT2D eigenvalue weighted by molar-refractivity contribution is 0.0943. The van der Waals surface area contributed by atoms with Crippen LogP contribution in [-0.4, -0.2) is 11.9 Å². The molecule has 0 aliphatic rings. The van der Waals surface area contributed by atoms with Gasteiger partial charge in [0.15, 0.2) is 0 Å². The Balaban J connectivity index is 2.21. The van der Waals surface area contributed by atoms with Gasteiger partial charge in [-0.3, -0.25) is 4.79 Å². The van der Waals surface area contributed by atoms with Crippen molar-refractivity contribution in [2.24, 2.45) is 0 Å². The van der Waals surface area contributed by atoms with Gasteiger partial charge in [-0.05, 0) is 69.2 Å². The van der Waals surface area contributed by atoms with Gasteiger partial charge in [-0.2, -0.15) is 0 Å². The predicted molar refractivity (Wildman–Crippen MR) is 92.7 cm³/mol. The van der Waals surface area contributed by atoms with Crippen LogP contribution in [0.2, 0.25) is 0 Å². The van der Waals surface area contributed by atoms with Crippen molar-refractivity contribution in [1.29, 1.82) is 0 Å². The highest BCUT2D eigenvalue weighted by Crippen LogP contribution is 2.25. The number of anilines is 3. The van der Waals surface area contributed by atoms with Gasteiger partial charge in [0.05, 0.1) is 11.4 Å². The summed E-state index contributed by atoms with van der Waals surface area (Å²) in [5, 5.41) is 6.16. The molecule has 0 heterocycles. The van der Waals surface area contributed by atoms with Crippen molar-refractivity contribution in [3.05, 3.63) is 53.1 Å². The van der Waals surface area contributed by atoms with Crippen molar-refractivity contribution >= 4 is 23.0 Å². The number of rotatable bonds is 4. The number of carbonyl (C=O) groups is 1. The zero-order valence-corrected chi connectivity index (χ0v) is 13.5. The molecule has 0 radical (unpaired) electrons. The lowest BCUT2D eigenvalue weighted by Gasteiger charge is -2.13. The average molecular weight is 297 g/mol. The number of hydrogen-bond donors (Lipinski definition) is 3. The summed E-state index contributed by atoms with van der Waals surface area (Å²) >= 11 is 0. The smallest absolute Gasteiger partial charge is 0.251 e. The maximum absolute atomic E-state index is 12.0. The molecule has 0 unspecified atom stereocenters. The number of nitrogen functional groups attached to an aromatic ring is 1. The largest absolute Gasteiger partial charge is 0.397 e. The van der Waals surface area contributed by atoms with Gasteiger partial charge in [0.25, 0.3) is 5.91 Å². The van der Waals surface area contributed by atoms with Gasteiger partial charge in [0.1, 0.15) is 0 Å².